The third-order valence-corrected chi connectivity index (χ3v) is 5.76. The van der Waals surface area contributed by atoms with Crippen LogP contribution < -0.4 is 0 Å². The standard InChI is InChI=1S/C18H14N2O2S2/c19-10-14(18-20-17(22)11-24-18)13(12-5-2-1-3-6-12)9-15(21)16-7-4-8-23-16/h1-8,13-14H,9,11H2/t13-,14-/m0/s1. The number of Topliss-reactive ketones (excluding diaryl/α,β-unsaturated/α-hetero) is 1. The fraction of sp³-hybridized carbons (Fsp3) is 0.222. The summed E-state index contributed by atoms with van der Waals surface area (Å²) in [5, 5.41) is 12.1. The van der Waals surface area contributed by atoms with Crippen LogP contribution in [0.25, 0.3) is 0 Å². The molecular formula is C18H14N2O2S2. The number of benzene rings is 1. The monoisotopic (exact) mass is 354 g/mol. The molecule has 1 aromatic heterocycles. The van der Waals surface area contributed by atoms with Crippen molar-refractivity contribution in [3.63, 3.8) is 0 Å². The van der Waals surface area contributed by atoms with Crippen LogP contribution in [0.3, 0.4) is 0 Å². The second kappa shape index (κ2) is 7.56. The van der Waals surface area contributed by atoms with Gasteiger partial charge in [-0.3, -0.25) is 9.59 Å². The van der Waals surface area contributed by atoms with Crippen molar-refractivity contribution in [2.45, 2.75) is 12.3 Å². The van der Waals surface area contributed by atoms with E-state index in [0.717, 1.165) is 5.56 Å². The van der Waals surface area contributed by atoms with Crippen molar-refractivity contribution in [3.05, 3.63) is 58.3 Å². The van der Waals surface area contributed by atoms with Crippen LogP contribution in [0.15, 0.2) is 52.8 Å². The molecule has 0 saturated heterocycles. The summed E-state index contributed by atoms with van der Waals surface area (Å²) in [7, 11) is 0. The Bertz CT molecular complexity index is 807. The molecule has 120 valence electrons. The van der Waals surface area contributed by atoms with Crippen molar-refractivity contribution < 1.29 is 9.59 Å². The van der Waals surface area contributed by atoms with Gasteiger partial charge in [-0.05, 0) is 17.0 Å². The zero-order valence-corrected chi connectivity index (χ0v) is 14.3. The van der Waals surface area contributed by atoms with Gasteiger partial charge in [-0.2, -0.15) is 5.26 Å². The van der Waals surface area contributed by atoms with Crippen LogP contribution in [0.1, 0.15) is 27.6 Å². The first-order valence-electron chi connectivity index (χ1n) is 7.44. The molecule has 0 aliphatic carbocycles. The Morgan fingerprint density at radius 1 is 1.25 bits per heavy atom. The van der Waals surface area contributed by atoms with Gasteiger partial charge in [0.25, 0.3) is 5.91 Å². The third kappa shape index (κ3) is 3.64. The molecule has 0 radical (unpaired) electrons. The quantitative estimate of drug-likeness (QED) is 0.737. The molecule has 1 aliphatic rings. The maximum Gasteiger partial charge on any atom is 0.256 e. The zero-order chi connectivity index (χ0) is 16.9. The van der Waals surface area contributed by atoms with Gasteiger partial charge in [0.2, 0.25) is 0 Å². The number of hydrogen-bond acceptors (Lipinski definition) is 5. The molecule has 0 unspecified atom stereocenters. The van der Waals surface area contributed by atoms with E-state index < -0.39 is 5.92 Å². The van der Waals surface area contributed by atoms with E-state index in [4.69, 9.17) is 0 Å². The highest BCUT2D eigenvalue weighted by molar-refractivity contribution is 8.15. The molecular weight excluding hydrogens is 340 g/mol. The van der Waals surface area contributed by atoms with Crippen LogP contribution in [0.4, 0.5) is 0 Å². The summed E-state index contributed by atoms with van der Waals surface area (Å²) in [5.41, 5.74) is 0.914. The summed E-state index contributed by atoms with van der Waals surface area (Å²) in [4.78, 5) is 28.7. The second-order valence-corrected chi connectivity index (χ2v) is 7.30. The average Bonchev–Trinajstić information content (AvgIpc) is 3.27. The summed E-state index contributed by atoms with van der Waals surface area (Å²) in [6.45, 7) is 0. The normalized spacial score (nSPS) is 16.3. The first-order valence-corrected chi connectivity index (χ1v) is 9.31. The smallest absolute Gasteiger partial charge is 0.256 e. The molecule has 1 aromatic carbocycles. The molecule has 1 aliphatic heterocycles. The van der Waals surface area contributed by atoms with E-state index >= 15 is 0 Å². The number of aliphatic imine (C=N–C) groups is 1. The number of rotatable bonds is 6. The summed E-state index contributed by atoms with van der Waals surface area (Å²) in [6, 6.07) is 15.4. The van der Waals surface area contributed by atoms with Crippen LogP contribution in [0.2, 0.25) is 0 Å². The highest BCUT2D eigenvalue weighted by Crippen LogP contribution is 2.35. The van der Waals surface area contributed by atoms with E-state index in [2.05, 4.69) is 11.1 Å². The van der Waals surface area contributed by atoms with Crippen molar-refractivity contribution >= 4 is 39.8 Å². The third-order valence-electron chi connectivity index (χ3n) is 3.81. The van der Waals surface area contributed by atoms with Crippen LogP contribution in [0.5, 0.6) is 0 Å². The van der Waals surface area contributed by atoms with E-state index in [9.17, 15) is 14.9 Å². The number of thioether (sulfide) groups is 1. The van der Waals surface area contributed by atoms with Crippen molar-refractivity contribution in [1.82, 2.24) is 0 Å². The number of thiophene rings is 1. The number of carbonyl (C=O) groups is 2. The Labute approximate surface area is 148 Å². The summed E-state index contributed by atoms with van der Waals surface area (Å²) in [5.74, 6) is -0.843. The molecule has 2 aromatic rings. The molecule has 0 bridgehead atoms. The predicted molar refractivity (Wildman–Crippen MR) is 96.5 cm³/mol. The summed E-state index contributed by atoms with van der Waals surface area (Å²) >= 11 is 2.70. The van der Waals surface area contributed by atoms with Gasteiger partial charge in [-0.1, -0.05) is 48.2 Å². The first-order chi connectivity index (χ1) is 11.7. The fourth-order valence-electron chi connectivity index (χ4n) is 2.67. The van der Waals surface area contributed by atoms with E-state index in [1.807, 2.05) is 41.8 Å². The highest BCUT2D eigenvalue weighted by Gasteiger charge is 2.33. The lowest BCUT2D eigenvalue weighted by atomic mass is 9.83. The van der Waals surface area contributed by atoms with Crippen LogP contribution >= 0.6 is 23.1 Å². The first kappa shape index (κ1) is 16.6. The van der Waals surface area contributed by atoms with Gasteiger partial charge in [0.05, 0.1) is 21.7 Å². The maximum absolute atomic E-state index is 12.6. The van der Waals surface area contributed by atoms with Gasteiger partial charge < -0.3 is 0 Å². The SMILES string of the molecule is N#C[C@H](C1=NC(=O)CS1)[C@@H](CC(=O)c1cccs1)c1ccccc1. The summed E-state index contributed by atoms with van der Waals surface area (Å²) in [6.07, 6.45) is 0.219. The lowest BCUT2D eigenvalue weighted by Gasteiger charge is -2.21. The van der Waals surface area contributed by atoms with Gasteiger partial charge in [-0.15, -0.1) is 11.3 Å². The number of hydrogen-bond donors (Lipinski definition) is 0. The Kier molecular flexibility index (Phi) is 5.24. The van der Waals surface area contributed by atoms with E-state index in [0.29, 0.717) is 9.92 Å². The highest BCUT2D eigenvalue weighted by atomic mass is 32.2. The van der Waals surface area contributed by atoms with Gasteiger partial charge in [0.15, 0.2) is 5.78 Å². The number of ketones is 1. The molecule has 0 spiro atoms. The van der Waals surface area contributed by atoms with Gasteiger partial charge >= 0.3 is 0 Å². The topological polar surface area (TPSA) is 70.3 Å². The molecule has 1 amide bonds. The van der Waals surface area contributed by atoms with Gasteiger partial charge in [0, 0.05) is 12.3 Å². The van der Waals surface area contributed by atoms with E-state index in [1.54, 1.807) is 6.07 Å². The van der Waals surface area contributed by atoms with Gasteiger partial charge in [-0.25, -0.2) is 4.99 Å². The molecule has 24 heavy (non-hydrogen) atoms. The molecule has 2 heterocycles. The molecule has 0 saturated carbocycles. The fourth-order valence-corrected chi connectivity index (χ4v) is 4.24. The van der Waals surface area contributed by atoms with Crippen LogP contribution in [-0.4, -0.2) is 22.5 Å². The van der Waals surface area contributed by atoms with Crippen LogP contribution in [-0.2, 0) is 4.79 Å². The molecule has 0 fully saturated rings. The lowest BCUT2D eigenvalue weighted by Crippen LogP contribution is -2.21. The number of nitrogens with zero attached hydrogens (tertiary/aromatic N) is 2. The minimum Gasteiger partial charge on any atom is -0.293 e. The lowest BCUT2D eigenvalue weighted by molar-refractivity contribution is -0.115. The van der Waals surface area contributed by atoms with Crippen LogP contribution in [0, 0.1) is 17.2 Å². The minimum atomic E-state index is -0.590. The molecule has 3 rings (SSSR count). The zero-order valence-electron chi connectivity index (χ0n) is 12.7. The number of nitriles is 1. The maximum atomic E-state index is 12.6. The van der Waals surface area contributed by atoms with Crippen molar-refractivity contribution in [3.8, 4) is 6.07 Å². The Balaban J connectivity index is 1.93. The van der Waals surface area contributed by atoms with Gasteiger partial charge in [0.1, 0.15) is 5.92 Å². The van der Waals surface area contributed by atoms with E-state index in [1.165, 1.54) is 23.1 Å². The van der Waals surface area contributed by atoms with E-state index in [-0.39, 0.29) is 29.8 Å². The minimum absolute atomic E-state index is 0.00836. The van der Waals surface area contributed by atoms with Crippen molar-refractivity contribution in [1.29, 1.82) is 5.26 Å². The Hall–Kier alpha value is -2.23. The number of carbonyl (C=O) groups excluding carboxylic acids is 2. The molecule has 2 atom stereocenters. The Morgan fingerprint density at radius 2 is 2.04 bits per heavy atom. The van der Waals surface area contributed by atoms with Crippen molar-refractivity contribution in [2.24, 2.45) is 10.9 Å². The van der Waals surface area contributed by atoms with Crippen molar-refractivity contribution in [2.75, 3.05) is 5.75 Å². The predicted octanol–water partition coefficient (Wildman–Crippen LogP) is 3.92. The second-order valence-electron chi connectivity index (χ2n) is 5.36. The molecule has 0 N–H and O–H groups in total. The summed E-state index contributed by atoms with van der Waals surface area (Å²) < 4.78 is 0. The average molecular weight is 354 g/mol. The number of amides is 1. The Morgan fingerprint density at radius 3 is 2.62 bits per heavy atom. The molecule has 4 nitrogen and oxygen atoms in total. The largest absolute Gasteiger partial charge is 0.293 e. The molecule has 6 heteroatoms.